The first-order valence-electron chi connectivity index (χ1n) is 9.41. The fourth-order valence-electron chi connectivity index (χ4n) is 3.48. The van der Waals surface area contributed by atoms with E-state index in [0.717, 1.165) is 23.2 Å². The van der Waals surface area contributed by atoms with Gasteiger partial charge in [0.25, 0.3) is 5.91 Å². The van der Waals surface area contributed by atoms with Gasteiger partial charge in [-0.05, 0) is 61.2 Å². The van der Waals surface area contributed by atoms with Crippen molar-refractivity contribution in [3.8, 4) is 5.75 Å². The van der Waals surface area contributed by atoms with Gasteiger partial charge in [0, 0.05) is 23.8 Å². The molecule has 0 aromatic heterocycles. The normalized spacial score (nSPS) is 16.1. The number of carbonyl (C=O) groups excluding carboxylic acids is 1. The van der Waals surface area contributed by atoms with Gasteiger partial charge in [0.15, 0.2) is 0 Å². The van der Waals surface area contributed by atoms with Crippen LogP contribution in [0.3, 0.4) is 0 Å². The standard InChI is InChI=1S/C21H26N2O4S/c1-4-11-28(25,26)22-14-16-5-6-18-12-15(2)23(20(18)13-16)21(24)17-7-9-19(27-3)10-8-17/h5-10,13,15,22H,4,11-12,14H2,1-3H3/t15-/m0/s1. The number of anilines is 1. The highest BCUT2D eigenvalue weighted by atomic mass is 32.2. The Morgan fingerprint density at radius 2 is 1.93 bits per heavy atom. The van der Waals surface area contributed by atoms with Gasteiger partial charge in [-0.1, -0.05) is 19.1 Å². The maximum atomic E-state index is 13.1. The van der Waals surface area contributed by atoms with Crippen molar-refractivity contribution in [3.63, 3.8) is 0 Å². The van der Waals surface area contributed by atoms with Crippen LogP contribution in [-0.4, -0.2) is 33.2 Å². The molecular weight excluding hydrogens is 376 g/mol. The van der Waals surface area contributed by atoms with Crippen LogP contribution in [0.15, 0.2) is 42.5 Å². The second-order valence-electron chi connectivity index (χ2n) is 7.06. The fraction of sp³-hybridized carbons (Fsp3) is 0.381. The van der Waals surface area contributed by atoms with Gasteiger partial charge in [-0.25, -0.2) is 13.1 Å². The first kappa shape index (κ1) is 20.4. The molecule has 150 valence electrons. The third-order valence-electron chi connectivity index (χ3n) is 4.89. The van der Waals surface area contributed by atoms with Gasteiger partial charge in [-0.3, -0.25) is 4.79 Å². The molecule has 1 N–H and O–H groups in total. The summed E-state index contributed by atoms with van der Waals surface area (Å²) in [7, 11) is -1.69. The van der Waals surface area contributed by atoms with E-state index < -0.39 is 10.0 Å². The zero-order valence-electron chi connectivity index (χ0n) is 16.4. The van der Waals surface area contributed by atoms with E-state index in [4.69, 9.17) is 4.74 Å². The second-order valence-corrected chi connectivity index (χ2v) is 8.99. The maximum absolute atomic E-state index is 13.1. The molecule has 1 aliphatic rings. The third kappa shape index (κ3) is 4.36. The SMILES string of the molecule is CCCS(=O)(=O)NCc1ccc2c(c1)N(C(=O)c1ccc(OC)cc1)[C@@H](C)C2. The quantitative estimate of drug-likeness (QED) is 0.772. The molecule has 1 atom stereocenters. The van der Waals surface area contributed by atoms with Crippen LogP contribution in [0.25, 0.3) is 0 Å². The highest BCUT2D eigenvalue weighted by molar-refractivity contribution is 7.89. The Kier molecular flexibility index (Phi) is 6.05. The number of rotatable bonds is 7. The molecule has 2 aromatic rings. The predicted octanol–water partition coefficient (Wildman–Crippen LogP) is 3.12. The van der Waals surface area contributed by atoms with Crippen LogP contribution in [0.4, 0.5) is 5.69 Å². The van der Waals surface area contributed by atoms with Gasteiger partial charge in [0.2, 0.25) is 10.0 Å². The summed E-state index contributed by atoms with van der Waals surface area (Å²) >= 11 is 0. The summed E-state index contributed by atoms with van der Waals surface area (Å²) in [5, 5.41) is 0. The summed E-state index contributed by atoms with van der Waals surface area (Å²) < 4.78 is 31.6. The van der Waals surface area contributed by atoms with Crippen molar-refractivity contribution < 1.29 is 17.9 Å². The van der Waals surface area contributed by atoms with Crippen LogP contribution < -0.4 is 14.4 Å². The molecule has 0 saturated heterocycles. The number of benzene rings is 2. The van der Waals surface area contributed by atoms with Crippen LogP contribution in [0.2, 0.25) is 0 Å². The number of amides is 1. The largest absolute Gasteiger partial charge is 0.497 e. The number of nitrogens with one attached hydrogen (secondary N) is 1. The average Bonchev–Trinajstić information content (AvgIpc) is 3.01. The van der Waals surface area contributed by atoms with E-state index in [1.54, 1.807) is 36.3 Å². The Bertz CT molecular complexity index is 955. The van der Waals surface area contributed by atoms with E-state index in [2.05, 4.69) is 4.72 Å². The minimum Gasteiger partial charge on any atom is -0.497 e. The van der Waals surface area contributed by atoms with Crippen molar-refractivity contribution in [2.24, 2.45) is 0 Å². The molecule has 0 saturated carbocycles. The number of sulfonamides is 1. The van der Waals surface area contributed by atoms with Crippen LogP contribution in [-0.2, 0) is 23.0 Å². The number of fused-ring (bicyclic) bond motifs is 1. The predicted molar refractivity (Wildman–Crippen MR) is 110 cm³/mol. The lowest BCUT2D eigenvalue weighted by Crippen LogP contribution is -2.35. The van der Waals surface area contributed by atoms with E-state index >= 15 is 0 Å². The number of nitrogens with zero attached hydrogens (tertiary/aromatic N) is 1. The van der Waals surface area contributed by atoms with E-state index in [1.807, 2.05) is 32.0 Å². The third-order valence-corrected chi connectivity index (χ3v) is 6.42. The molecule has 1 heterocycles. The molecule has 0 unspecified atom stereocenters. The number of carbonyl (C=O) groups is 1. The van der Waals surface area contributed by atoms with Crippen LogP contribution in [0, 0.1) is 0 Å². The first-order valence-corrected chi connectivity index (χ1v) is 11.1. The molecule has 0 bridgehead atoms. The zero-order valence-corrected chi connectivity index (χ0v) is 17.3. The molecule has 3 rings (SSSR count). The van der Waals surface area contributed by atoms with Gasteiger partial charge >= 0.3 is 0 Å². The summed E-state index contributed by atoms with van der Waals surface area (Å²) in [4.78, 5) is 14.9. The Labute approximate surface area is 166 Å². The second kappa shape index (κ2) is 8.32. The molecule has 2 aromatic carbocycles. The van der Waals surface area contributed by atoms with Crippen LogP contribution in [0.5, 0.6) is 5.75 Å². The molecule has 0 aliphatic carbocycles. The number of ether oxygens (including phenoxy) is 1. The number of methoxy groups -OCH3 is 1. The first-order chi connectivity index (χ1) is 13.3. The summed E-state index contributed by atoms with van der Waals surface area (Å²) in [6.07, 6.45) is 1.35. The van der Waals surface area contributed by atoms with Gasteiger partial charge in [-0.15, -0.1) is 0 Å². The monoisotopic (exact) mass is 402 g/mol. The van der Waals surface area contributed by atoms with Crippen LogP contribution in [0.1, 0.15) is 41.8 Å². The molecule has 1 aliphatic heterocycles. The van der Waals surface area contributed by atoms with Crippen molar-refractivity contribution in [2.45, 2.75) is 39.3 Å². The lowest BCUT2D eigenvalue weighted by atomic mass is 10.1. The zero-order chi connectivity index (χ0) is 20.3. The Balaban J connectivity index is 1.83. The lowest BCUT2D eigenvalue weighted by Gasteiger charge is -2.23. The van der Waals surface area contributed by atoms with Crippen molar-refractivity contribution >= 4 is 21.6 Å². The van der Waals surface area contributed by atoms with E-state index in [9.17, 15) is 13.2 Å². The highest BCUT2D eigenvalue weighted by Gasteiger charge is 2.31. The smallest absolute Gasteiger partial charge is 0.258 e. The van der Waals surface area contributed by atoms with Gasteiger partial charge in [-0.2, -0.15) is 0 Å². The minimum atomic E-state index is -3.28. The minimum absolute atomic E-state index is 0.0386. The molecule has 0 radical (unpaired) electrons. The topological polar surface area (TPSA) is 75.7 Å². The van der Waals surface area contributed by atoms with Crippen molar-refractivity contribution in [3.05, 3.63) is 59.2 Å². The Morgan fingerprint density at radius 1 is 1.21 bits per heavy atom. The number of hydrogen-bond acceptors (Lipinski definition) is 4. The molecule has 1 amide bonds. The lowest BCUT2D eigenvalue weighted by molar-refractivity contribution is 0.0981. The highest BCUT2D eigenvalue weighted by Crippen LogP contribution is 2.34. The maximum Gasteiger partial charge on any atom is 0.258 e. The van der Waals surface area contributed by atoms with Crippen molar-refractivity contribution in [1.29, 1.82) is 0 Å². The molecule has 7 heteroatoms. The fourth-order valence-corrected chi connectivity index (χ4v) is 4.55. The van der Waals surface area contributed by atoms with Gasteiger partial charge < -0.3 is 9.64 Å². The molecule has 28 heavy (non-hydrogen) atoms. The molecular formula is C21H26N2O4S. The van der Waals surface area contributed by atoms with Gasteiger partial charge in [0.1, 0.15) is 5.75 Å². The summed E-state index contributed by atoms with van der Waals surface area (Å²) in [6, 6.07) is 12.9. The summed E-state index contributed by atoms with van der Waals surface area (Å²) in [5.41, 5.74) is 3.37. The number of hydrogen-bond donors (Lipinski definition) is 1. The van der Waals surface area contributed by atoms with Crippen molar-refractivity contribution in [1.82, 2.24) is 4.72 Å². The Morgan fingerprint density at radius 3 is 2.57 bits per heavy atom. The van der Waals surface area contributed by atoms with E-state index in [-0.39, 0.29) is 24.2 Å². The van der Waals surface area contributed by atoms with Gasteiger partial charge in [0.05, 0.1) is 12.9 Å². The summed E-state index contributed by atoms with van der Waals surface area (Å²) in [6.45, 7) is 4.07. The molecule has 6 nitrogen and oxygen atoms in total. The van der Waals surface area contributed by atoms with E-state index in [1.165, 1.54) is 0 Å². The average molecular weight is 403 g/mol. The van der Waals surface area contributed by atoms with Crippen LogP contribution >= 0.6 is 0 Å². The summed E-state index contributed by atoms with van der Waals surface area (Å²) in [5.74, 6) is 0.738. The van der Waals surface area contributed by atoms with Crippen molar-refractivity contribution in [2.75, 3.05) is 17.8 Å². The Hall–Kier alpha value is -2.38. The van der Waals surface area contributed by atoms with E-state index in [0.29, 0.717) is 17.7 Å². The molecule has 0 fully saturated rings. The molecule has 0 spiro atoms.